The molecule has 1 amide bonds. The Balaban J connectivity index is 1.93. The highest BCUT2D eigenvalue weighted by Crippen LogP contribution is 2.16. The smallest absolute Gasteiger partial charge is 0.325 e. The van der Waals surface area contributed by atoms with E-state index in [1.807, 2.05) is 31.2 Å². The molecule has 0 atom stereocenters. The lowest BCUT2D eigenvalue weighted by molar-refractivity contribution is -0.113. The van der Waals surface area contributed by atoms with Crippen LogP contribution in [0.5, 0.6) is 0 Å². The predicted molar refractivity (Wildman–Crippen MR) is 77.9 cm³/mol. The molecule has 1 aromatic heterocycles. The average Bonchev–Trinajstić information content (AvgIpc) is 2.42. The van der Waals surface area contributed by atoms with Crippen LogP contribution in [0.1, 0.15) is 11.3 Å². The van der Waals surface area contributed by atoms with Crippen molar-refractivity contribution in [1.82, 2.24) is 15.2 Å². The Morgan fingerprint density at radius 1 is 1.30 bits per heavy atom. The maximum Gasteiger partial charge on any atom is 0.362 e. The summed E-state index contributed by atoms with van der Waals surface area (Å²) in [5.41, 5.74) is 1.96. The van der Waals surface area contributed by atoms with Crippen LogP contribution < -0.4 is 11.0 Å². The lowest BCUT2D eigenvalue weighted by Crippen LogP contribution is -2.17. The molecule has 0 saturated heterocycles. The van der Waals surface area contributed by atoms with Gasteiger partial charge in [0, 0.05) is 5.69 Å². The van der Waals surface area contributed by atoms with E-state index < -0.39 is 5.69 Å². The van der Waals surface area contributed by atoms with E-state index in [4.69, 9.17) is 0 Å². The number of anilines is 1. The monoisotopic (exact) mass is 290 g/mol. The molecule has 0 aliphatic heterocycles. The molecular formula is C13H14N4O2S. The minimum atomic E-state index is -0.517. The Morgan fingerprint density at radius 2 is 2.00 bits per heavy atom. The molecule has 0 radical (unpaired) electrons. The fourth-order valence-electron chi connectivity index (χ4n) is 1.48. The number of amides is 1. The molecule has 6 nitrogen and oxygen atoms in total. The molecule has 1 aromatic carbocycles. The van der Waals surface area contributed by atoms with E-state index >= 15 is 0 Å². The summed E-state index contributed by atoms with van der Waals surface area (Å²) in [6.07, 6.45) is 0. The second-order valence-corrected chi connectivity index (χ2v) is 5.20. The second-order valence-electron chi connectivity index (χ2n) is 4.23. The number of nitrogens with zero attached hydrogens (tertiary/aromatic N) is 2. The second kappa shape index (κ2) is 6.33. The first-order valence-electron chi connectivity index (χ1n) is 5.97. The van der Waals surface area contributed by atoms with Gasteiger partial charge in [-0.3, -0.25) is 4.79 Å². The van der Waals surface area contributed by atoms with Crippen molar-refractivity contribution in [2.45, 2.75) is 18.9 Å². The van der Waals surface area contributed by atoms with Crippen molar-refractivity contribution in [2.75, 3.05) is 11.1 Å². The number of aromatic amines is 1. The molecule has 2 aromatic rings. The summed E-state index contributed by atoms with van der Waals surface area (Å²) < 4.78 is 0. The molecule has 0 aliphatic rings. The third-order valence-electron chi connectivity index (χ3n) is 2.51. The molecule has 104 valence electrons. The third kappa shape index (κ3) is 3.92. The highest BCUT2D eigenvalue weighted by molar-refractivity contribution is 8.00. The van der Waals surface area contributed by atoms with Crippen molar-refractivity contribution in [3.8, 4) is 0 Å². The maximum atomic E-state index is 11.8. The first-order chi connectivity index (χ1) is 9.54. The van der Waals surface area contributed by atoms with Gasteiger partial charge in [0.05, 0.1) is 11.4 Å². The van der Waals surface area contributed by atoms with Crippen molar-refractivity contribution in [1.29, 1.82) is 0 Å². The normalized spacial score (nSPS) is 10.3. The first-order valence-corrected chi connectivity index (χ1v) is 6.96. The summed E-state index contributed by atoms with van der Waals surface area (Å²) in [5, 5.41) is 9.29. The van der Waals surface area contributed by atoms with Crippen molar-refractivity contribution in [3.05, 3.63) is 46.0 Å². The van der Waals surface area contributed by atoms with E-state index in [0.717, 1.165) is 11.3 Å². The zero-order valence-electron chi connectivity index (χ0n) is 11.1. The Kier molecular flexibility index (Phi) is 4.52. The quantitative estimate of drug-likeness (QED) is 0.833. The van der Waals surface area contributed by atoms with Crippen LogP contribution in [0.3, 0.4) is 0 Å². The Bertz CT molecular complexity index is 667. The van der Waals surface area contributed by atoms with Crippen LogP contribution >= 0.6 is 11.8 Å². The number of thioether (sulfide) groups is 1. The van der Waals surface area contributed by atoms with E-state index in [9.17, 15) is 9.59 Å². The van der Waals surface area contributed by atoms with Crippen molar-refractivity contribution >= 4 is 23.4 Å². The molecule has 0 unspecified atom stereocenters. The summed E-state index contributed by atoms with van der Waals surface area (Å²) in [6, 6.07) is 7.54. The van der Waals surface area contributed by atoms with Crippen LogP contribution in [-0.4, -0.2) is 26.8 Å². The summed E-state index contributed by atoms with van der Waals surface area (Å²) in [7, 11) is 0. The van der Waals surface area contributed by atoms with E-state index in [0.29, 0.717) is 10.7 Å². The minimum absolute atomic E-state index is 0.152. The molecule has 2 rings (SSSR count). The van der Waals surface area contributed by atoms with Gasteiger partial charge in [0.15, 0.2) is 0 Å². The van der Waals surface area contributed by atoms with Crippen molar-refractivity contribution in [2.24, 2.45) is 0 Å². The largest absolute Gasteiger partial charge is 0.362 e. The standard InChI is InChI=1S/C13H14N4O2S/c1-8-3-5-10(6-4-8)14-11(18)7-20-12-9(2)16-17-13(19)15-12/h3-6H,7H2,1-2H3,(H,14,18)(H,15,17,19). The number of hydrogen-bond donors (Lipinski definition) is 2. The van der Waals surface area contributed by atoms with Crippen LogP contribution in [0.15, 0.2) is 34.1 Å². The number of H-pyrrole nitrogens is 1. The molecule has 0 spiro atoms. The van der Waals surface area contributed by atoms with Crippen LogP contribution in [0.25, 0.3) is 0 Å². The molecule has 0 aliphatic carbocycles. The van der Waals surface area contributed by atoms with Gasteiger partial charge in [-0.05, 0) is 26.0 Å². The van der Waals surface area contributed by atoms with Crippen LogP contribution in [0, 0.1) is 13.8 Å². The van der Waals surface area contributed by atoms with Gasteiger partial charge in [-0.15, -0.1) is 0 Å². The van der Waals surface area contributed by atoms with Gasteiger partial charge in [0.1, 0.15) is 5.03 Å². The first kappa shape index (κ1) is 14.3. The molecule has 0 fully saturated rings. The third-order valence-corrected chi connectivity index (χ3v) is 3.57. The van der Waals surface area contributed by atoms with Gasteiger partial charge in [0.25, 0.3) is 0 Å². The van der Waals surface area contributed by atoms with Gasteiger partial charge < -0.3 is 5.32 Å². The van der Waals surface area contributed by atoms with Crippen LogP contribution in [-0.2, 0) is 4.79 Å². The van der Waals surface area contributed by atoms with Gasteiger partial charge in [-0.1, -0.05) is 29.5 Å². The Morgan fingerprint density at radius 3 is 2.70 bits per heavy atom. The molecule has 7 heteroatoms. The Hall–Kier alpha value is -2.15. The molecule has 2 N–H and O–H groups in total. The summed E-state index contributed by atoms with van der Waals surface area (Å²) in [6.45, 7) is 3.71. The highest BCUT2D eigenvalue weighted by atomic mass is 32.2. The van der Waals surface area contributed by atoms with E-state index in [1.54, 1.807) is 6.92 Å². The van der Waals surface area contributed by atoms with Crippen LogP contribution in [0.4, 0.5) is 5.69 Å². The minimum Gasteiger partial charge on any atom is -0.325 e. The lowest BCUT2D eigenvalue weighted by atomic mass is 10.2. The molecular weight excluding hydrogens is 276 g/mol. The molecule has 0 saturated carbocycles. The van der Waals surface area contributed by atoms with Crippen LogP contribution in [0.2, 0.25) is 0 Å². The SMILES string of the molecule is Cc1ccc(NC(=O)CSc2nc(=O)[nH]nc2C)cc1. The molecule has 1 heterocycles. The van der Waals surface area contributed by atoms with Crippen molar-refractivity contribution < 1.29 is 4.79 Å². The number of aryl methyl sites for hydroxylation is 2. The van der Waals surface area contributed by atoms with Gasteiger partial charge >= 0.3 is 5.69 Å². The van der Waals surface area contributed by atoms with E-state index in [2.05, 4.69) is 20.5 Å². The van der Waals surface area contributed by atoms with Crippen molar-refractivity contribution in [3.63, 3.8) is 0 Å². The average molecular weight is 290 g/mol. The summed E-state index contributed by atoms with van der Waals surface area (Å²) in [4.78, 5) is 26.6. The fraction of sp³-hybridized carbons (Fsp3) is 0.231. The summed E-state index contributed by atoms with van der Waals surface area (Å²) in [5.74, 6) is 0.0210. The van der Waals surface area contributed by atoms with E-state index in [1.165, 1.54) is 11.8 Å². The topological polar surface area (TPSA) is 87.7 Å². The van der Waals surface area contributed by atoms with Gasteiger partial charge in [0.2, 0.25) is 5.91 Å². The number of rotatable bonds is 4. The van der Waals surface area contributed by atoms with Gasteiger partial charge in [-0.25, -0.2) is 9.89 Å². The zero-order chi connectivity index (χ0) is 14.5. The molecule has 0 bridgehead atoms. The summed E-state index contributed by atoms with van der Waals surface area (Å²) >= 11 is 1.19. The highest BCUT2D eigenvalue weighted by Gasteiger charge is 2.08. The zero-order valence-corrected chi connectivity index (χ0v) is 12.0. The van der Waals surface area contributed by atoms with Gasteiger partial charge in [-0.2, -0.15) is 10.1 Å². The maximum absolute atomic E-state index is 11.8. The predicted octanol–water partition coefficient (Wildman–Crippen LogP) is 1.51. The number of hydrogen-bond acceptors (Lipinski definition) is 5. The molecule has 20 heavy (non-hydrogen) atoms. The number of carbonyl (C=O) groups excluding carboxylic acids is 1. The fourth-order valence-corrected chi connectivity index (χ4v) is 2.22. The number of carbonyl (C=O) groups is 1. The Labute approximate surface area is 120 Å². The van der Waals surface area contributed by atoms with E-state index in [-0.39, 0.29) is 11.7 Å². The number of nitrogens with one attached hydrogen (secondary N) is 2. The number of aromatic nitrogens is 3. The number of benzene rings is 1. The lowest BCUT2D eigenvalue weighted by Gasteiger charge is -2.05.